The van der Waals surface area contributed by atoms with Crippen molar-refractivity contribution in [3.63, 3.8) is 0 Å². The lowest BCUT2D eigenvalue weighted by molar-refractivity contribution is 0.322. The van der Waals surface area contributed by atoms with Crippen molar-refractivity contribution < 1.29 is 18.9 Å². The fourth-order valence-corrected chi connectivity index (χ4v) is 3.07. The van der Waals surface area contributed by atoms with Crippen molar-refractivity contribution in [2.45, 2.75) is 19.9 Å². The van der Waals surface area contributed by atoms with E-state index in [1.807, 2.05) is 25.1 Å². The monoisotopic (exact) mass is 401 g/mol. The molecule has 0 fully saturated rings. The molecule has 2 aromatic rings. The molecular weight excluding hydrogens is 370 g/mol. The number of ether oxygens (including phenoxy) is 4. The summed E-state index contributed by atoms with van der Waals surface area (Å²) in [6.07, 6.45) is 0.734. The molecule has 2 N–H and O–H groups in total. The fourth-order valence-electron chi connectivity index (χ4n) is 3.07. The third-order valence-corrected chi connectivity index (χ3v) is 4.58. The van der Waals surface area contributed by atoms with Crippen LogP contribution in [0.3, 0.4) is 0 Å². The molecule has 158 valence electrons. The Labute approximate surface area is 173 Å². The van der Waals surface area contributed by atoms with Crippen LogP contribution in [0.15, 0.2) is 35.3 Å². The van der Waals surface area contributed by atoms with Gasteiger partial charge in [0.15, 0.2) is 17.5 Å². The van der Waals surface area contributed by atoms with Gasteiger partial charge in [-0.25, -0.2) is 0 Å². The lowest BCUT2D eigenvalue weighted by atomic mass is 10.1. The summed E-state index contributed by atoms with van der Waals surface area (Å²) in [5, 5.41) is 6.64. The van der Waals surface area contributed by atoms with E-state index in [-0.39, 0.29) is 0 Å². The quantitative estimate of drug-likeness (QED) is 0.497. The average molecular weight is 402 g/mol. The molecule has 0 radical (unpaired) electrons. The van der Waals surface area contributed by atoms with Gasteiger partial charge in [-0.15, -0.1) is 0 Å². The lowest BCUT2D eigenvalue weighted by Gasteiger charge is -2.17. The number of nitrogens with zero attached hydrogens (tertiary/aromatic N) is 1. The Morgan fingerprint density at radius 3 is 2.14 bits per heavy atom. The molecule has 0 aromatic heterocycles. The van der Waals surface area contributed by atoms with Gasteiger partial charge < -0.3 is 29.6 Å². The Kier molecular flexibility index (Phi) is 8.45. The van der Waals surface area contributed by atoms with Crippen LogP contribution < -0.4 is 29.6 Å². The Morgan fingerprint density at radius 2 is 1.52 bits per heavy atom. The van der Waals surface area contributed by atoms with Gasteiger partial charge in [0.05, 0.1) is 28.4 Å². The SMILES string of the molecule is CN=C(NCCc1ccc(OC)c(OC)c1OC)NCc1ccc(C)cc1OC. The first kappa shape index (κ1) is 22.2. The van der Waals surface area contributed by atoms with E-state index in [0.29, 0.717) is 36.3 Å². The van der Waals surface area contributed by atoms with Crippen LogP contribution in [0.25, 0.3) is 0 Å². The number of hydrogen-bond acceptors (Lipinski definition) is 5. The largest absolute Gasteiger partial charge is 0.496 e. The molecule has 0 aliphatic heterocycles. The van der Waals surface area contributed by atoms with Crippen LogP contribution in [0.1, 0.15) is 16.7 Å². The number of methoxy groups -OCH3 is 4. The van der Waals surface area contributed by atoms with Crippen molar-refractivity contribution in [3.05, 3.63) is 47.0 Å². The highest BCUT2D eigenvalue weighted by molar-refractivity contribution is 5.79. The summed E-state index contributed by atoms with van der Waals surface area (Å²) in [4.78, 5) is 4.29. The third-order valence-electron chi connectivity index (χ3n) is 4.58. The van der Waals surface area contributed by atoms with E-state index in [4.69, 9.17) is 18.9 Å². The van der Waals surface area contributed by atoms with Gasteiger partial charge in [0.2, 0.25) is 5.75 Å². The van der Waals surface area contributed by atoms with Gasteiger partial charge in [-0.2, -0.15) is 0 Å². The average Bonchev–Trinajstić information content (AvgIpc) is 2.75. The molecule has 29 heavy (non-hydrogen) atoms. The zero-order chi connectivity index (χ0) is 21.2. The van der Waals surface area contributed by atoms with Crippen LogP contribution in [0, 0.1) is 6.92 Å². The Morgan fingerprint density at radius 1 is 0.828 bits per heavy atom. The molecule has 0 atom stereocenters. The standard InChI is InChI=1S/C22H31N3O4/c1-15-7-8-17(19(13-15)27-4)14-25-22(23-2)24-12-11-16-9-10-18(26-3)21(29-6)20(16)28-5/h7-10,13H,11-12,14H2,1-6H3,(H2,23,24,25). The van der Waals surface area contributed by atoms with Crippen LogP contribution in [-0.2, 0) is 13.0 Å². The molecule has 0 saturated heterocycles. The summed E-state index contributed by atoms with van der Waals surface area (Å²) < 4.78 is 21.8. The van der Waals surface area contributed by atoms with Crippen molar-refractivity contribution in [2.24, 2.45) is 4.99 Å². The molecule has 0 unspecified atom stereocenters. The minimum absolute atomic E-state index is 0.599. The highest BCUT2D eigenvalue weighted by Crippen LogP contribution is 2.39. The van der Waals surface area contributed by atoms with Gasteiger partial charge in [-0.3, -0.25) is 4.99 Å². The van der Waals surface area contributed by atoms with Crippen molar-refractivity contribution in [1.82, 2.24) is 10.6 Å². The molecule has 0 heterocycles. The molecule has 7 nitrogen and oxygen atoms in total. The van der Waals surface area contributed by atoms with E-state index in [9.17, 15) is 0 Å². The van der Waals surface area contributed by atoms with E-state index in [2.05, 4.69) is 27.8 Å². The topological polar surface area (TPSA) is 73.3 Å². The van der Waals surface area contributed by atoms with Crippen LogP contribution in [0.4, 0.5) is 0 Å². The van der Waals surface area contributed by atoms with E-state index in [1.165, 1.54) is 0 Å². The Hall–Kier alpha value is -3.09. The number of hydrogen-bond donors (Lipinski definition) is 2. The van der Waals surface area contributed by atoms with Gasteiger partial charge in [0.25, 0.3) is 0 Å². The molecule has 2 rings (SSSR count). The van der Waals surface area contributed by atoms with E-state index >= 15 is 0 Å². The molecule has 0 saturated carbocycles. The number of aliphatic imine (C=N–C) groups is 1. The van der Waals surface area contributed by atoms with Crippen molar-refractivity contribution in [3.8, 4) is 23.0 Å². The van der Waals surface area contributed by atoms with Crippen LogP contribution in [0.5, 0.6) is 23.0 Å². The maximum absolute atomic E-state index is 5.54. The van der Waals surface area contributed by atoms with Crippen molar-refractivity contribution >= 4 is 5.96 Å². The summed E-state index contributed by atoms with van der Waals surface area (Å²) in [7, 11) is 8.27. The first-order valence-corrected chi connectivity index (χ1v) is 9.43. The molecule has 7 heteroatoms. The summed E-state index contributed by atoms with van der Waals surface area (Å²) >= 11 is 0. The number of aryl methyl sites for hydroxylation is 1. The van der Waals surface area contributed by atoms with Gasteiger partial charge in [-0.05, 0) is 31.0 Å². The van der Waals surface area contributed by atoms with E-state index in [0.717, 1.165) is 28.9 Å². The molecular formula is C22H31N3O4. The molecule has 0 spiro atoms. The van der Waals surface area contributed by atoms with Crippen molar-refractivity contribution in [1.29, 1.82) is 0 Å². The summed E-state index contributed by atoms with van der Waals surface area (Å²) in [6.45, 7) is 3.34. The van der Waals surface area contributed by atoms with Gasteiger partial charge in [-0.1, -0.05) is 18.2 Å². The van der Waals surface area contributed by atoms with Gasteiger partial charge >= 0.3 is 0 Å². The zero-order valence-electron chi connectivity index (χ0n) is 18.1. The van der Waals surface area contributed by atoms with E-state index < -0.39 is 0 Å². The third kappa shape index (κ3) is 5.70. The van der Waals surface area contributed by atoms with Gasteiger partial charge in [0, 0.05) is 31.3 Å². The minimum Gasteiger partial charge on any atom is -0.496 e. The number of guanidine groups is 1. The second-order valence-electron chi connectivity index (χ2n) is 6.41. The van der Waals surface area contributed by atoms with Gasteiger partial charge in [0.1, 0.15) is 5.75 Å². The Bertz CT molecular complexity index is 837. The fraction of sp³-hybridized carbons (Fsp3) is 0.409. The second-order valence-corrected chi connectivity index (χ2v) is 6.41. The van der Waals surface area contributed by atoms with Crippen LogP contribution >= 0.6 is 0 Å². The predicted molar refractivity (Wildman–Crippen MR) is 116 cm³/mol. The normalized spacial score (nSPS) is 11.0. The molecule has 2 aromatic carbocycles. The summed E-state index contributed by atoms with van der Waals surface area (Å²) in [5.74, 6) is 3.50. The molecule has 0 amide bonds. The molecule has 0 aliphatic carbocycles. The number of rotatable bonds is 9. The summed E-state index contributed by atoms with van der Waals surface area (Å²) in [6, 6.07) is 10.0. The van der Waals surface area contributed by atoms with Crippen LogP contribution in [-0.4, -0.2) is 48.0 Å². The zero-order valence-corrected chi connectivity index (χ0v) is 18.1. The maximum atomic E-state index is 5.54. The lowest BCUT2D eigenvalue weighted by Crippen LogP contribution is -2.38. The molecule has 0 aliphatic rings. The first-order valence-electron chi connectivity index (χ1n) is 9.43. The van der Waals surface area contributed by atoms with Crippen molar-refractivity contribution in [2.75, 3.05) is 42.0 Å². The smallest absolute Gasteiger partial charge is 0.203 e. The Balaban J connectivity index is 1.97. The first-order chi connectivity index (χ1) is 14.1. The minimum atomic E-state index is 0.599. The predicted octanol–water partition coefficient (Wildman–Crippen LogP) is 2.94. The van der Waals surface area contributed by atoms with E-state index in [1.54, 1.807) is 35.5 Å². The highest BCUT2D eigenvalue weighted by Gasteiger charge is 2.15. The number of nitrogens with one attached hydrogen (secondary N) is 2. The number of benzene rings is 2. The highest BCUT2D eigenvalue weighted by atomic mass is 16.5. The maximum Gasteiger partial charge on any atom is 0.203 e. The second kappa shape index (κ2) is 11.0. The molecule has 0 bridgehead atoms. The van der Waals surface area contributed by atoms with Crippen LogP contribution in [0.2, 0.25) is 0 Å². The summed E-state index contributed by atoms with van der Waals surface area (Å²) in [5.41, 5.74) is 3.26.